The molecule has 1 saturated carbocycles. The molecule has 0 bridgehead atoms. The van der Waals surface area contributed by atoms with Crippen LogP contribution >= 0.6 is 0 Å². The summed E-state index contributed by atoms with van der Waals surface area (Å²) in [5, 5.41) is 4.33. The highest BCUT2D eigenvalue weighted by molar-refractivity contribution is 7.89. The summed E-state index contributed by atoms with van der Waals surface area (Å²) in [6, 6.07) is 6.75. The fraction of sp³-hybridized carbons (Fsp3) is 0.364. The van der Waals surface area contributed by atoms with E-state index in [1.165, 1.54) is 28.6 Å². The zero-order valence-corrected chi connectivity index (χ0v) is 18.7. The highest BCUT2D eigenvalue weighted by Crippen LogP contribution is 2.26. The van der Waals surface area contributed by atoms with Gasteiger partial charge in [-0.3, -0.25) is 9.59 Å². The van der Waals surface area contributed by atoms with Gasteiger partial charge in [0.2, 0.25) is 15.9 Å². The molecule has 2 amide bonds. The molecular formula is C22H24F3N3O4S. The third kappa shape index (κ3) is 5.72. The zero-order valence-electron chi connectivity index (χ0n) is 17.9. The van der Waals surface area contributed by atoms with Crippen LogP contribution in [0.25, 0.3) is 0 Å². The Hall–Kier alpha value is -2.92. The predicted octanol–water partition coefficient (Wildman–Crippen LogP) is 3.43. The van der Waals surface area contributed by atoms with Crippen molar-refractivity contribution in [3.63, 3.8) is 0 Å². The van der Waals surface area contributed by atoms with E-state index in [2.05, 4.69) is 5.32 Å². The van der Waals surface area contributed by atoms with Crippen molar-refractivity contribution in [2.45, 2.75) is 43.0 Å². The van der Waals surface area contributed by atoms with E-state index in [1.807, 2.05) is 5.32 Å². The number of nitrogens with zero attached hydrogens (tertiary/aromatic N) is 1. The number of benzene rings is 2. The molecule has 2 aromatic carbocycles. The first-order valence-electron chi connectivity index (χ1n) is 10.4. The standard InChI is InChI=1S/C22H24F3N3O4S/c1-28(15-5-3-2-4-6-15)33(31,32)16-9-7-14(8-10-16)22(30)26-13-19(29)27-18-12-11-17(23)20(24)21(18)25/h7-12,15H,2-6,13H2,1H3,(H,26,30)(H,27,29). The van der Waals surface area contributed by atoms with Crippen LogP contribution in [0.5, 0.6) is 0 Å². The first-order chi connectivity index (χ1) is 15.6. The summed E-state index contributed by atoms with van der Waals surface area (Å²) in [6.07, 6.45) is 4.70. The first-order valence-corrected chi connectivity index (χ1v) is 11.8. The van der Waals surface area contributed by atoms with Gasteiger partial charge in [0.05, 0.1) is 17.1 Å². The second-order valence-electron chi connectivity index (χ2n) is 7.79. The maximum Gasteiger partial charge on any atom is 0.251 e. The van der Waals surface area contributed by atoms with Crippen LogP contribution in [0.4, 0.5) is 18.9 Å². The smallest absolute Gasteiger partial charge is 0.251 e. The average molecular weight is 484 g/mol. The average Bonchev–Trinajstić information content (AvgIpc) is 2.83. The van der Waals surface area contributed by atoms with Gasteiger partial charge in [-0.2, -0.15) is 4.31 Å². The molecule has 33 heavy (non-hydrogen) atoms. The van der Waals surface area contributed by atoms with Crippen LogP contribution < -0.4 is 10.6 Å². The summed E-state index contributed by atoms with van der Waals surface area (Å²) in [7, 11) is -2.15. The van der Waals surface area contributed by atoms with E-state index < -0.39 is 51.5 Å². The second-order valence-corrected chi connectivity index (χ2v) is 9.79. The molecular weight excluding hydrogens is 459 g/mol. The number of nitrogens with one attached hydrogen (secondary N) is 2. The fourth-order valence-electron chi connectivity index (χ4n) is 3.66. The van der Waals surface area contributed by atoms with Crippen LogP contribution in [0.2, 0.25) is 0 Å². The number of carbonyl (C=O) groups is 2. The SMILES string of the molecule is CN(C1CCCCC1)S(=O)(=O)c1ccc(C(=O)NCC(=O)Nc2ccc(F)c(F)c2F)cc1. The number of carbonyl (C=O) groups excluding carboxylic acids is 2. The van der Waals surface area contributed by atoms with E-state index in [0.29, 0.717) is 6.07 Å². The molecule has 7 nitrogen and oxygen atoms in total. The molecule has 3 rings (SSSR count). The Morgan fingerprint density at radius 3 is 2.24 bits per heavy atom. The third-order valence-electron chi connectivity index (χ3n) is 5.60. The van der Waals surface area contributed by atoms with Gasteiger partial charge in [-0.1, -0.05) is 19.3 Å². The van der Waals surface area contributed by atoms with E-state index in [4.69, 9.17) is 0 Å². The van der Waals surface area contributed by atoms with Crippen molar-refractivity contribution in [2.24, 2.45) is 0 Å². The molecule has 0 radical (unpaired) electrons. The molecule has 1 aliphatic rings. The maximum atomic E-state index is 13.6. The lowest BCUT2D eigenvalue weighted by molar-refractivity contribution is -0.115. The minimum Gasteiger partial charge on any atom is -0.343 e. The Kier molecular flexibility index (Phi) is 7.75. The van der Waals surface area contributed by atoms with Crippen molar-refractivity contribution in [3.8, 4) is 0 Å². The summed E-state index contributed by atoms with van der Waals surface area (Å²) in [5.41, 5.74) is -0.453. The number of anilines is 1. The predicted molar refractivity (Wildman–Crippen MR) is 116 cm³/mol. The van der Waals surface area contributed by atoms with Gasteiger partial charge >= 0.3 is 0 Å². The molecule has 0 aromatic heterocycles. The highest BCUT2D eigenvalue weighted by Gasteiger charge is 2.29. The Labute approximate surface area is 190 Å². The lowest BCUT2D eigenvalue weighted by atomic mass is 9.96. The van der Waals surface area contributed by atoms with Crippen molar-refractivity contribution in [3.05, 3.63) is 59.4 Å². The van der Waals surface area contributed by atoms with Crippen molar-refractivity contribution in [2.75, 3.05) is 18.9 Å². The number of sulfonamides is 1. The normalized spacial score (nSPS) is 14.8. The molecule has 0 aliphatic heterocycles. The first kappa shape index (κ1) is 24.7. The lowest BCUT2D eigenvalue weighted by Gasteiger charge is -2.30. The molecule has 2 N–H and O–H groups in total. The van der Waals surface area contributed by atoms with Crippen LogP contribution in [0.1, 0.15) is 42.5 Å². The molecule has 1 aliphatic carbocycles. The Morgan fingerprint density at radius 1 is 0.970 bits per heavy atom. The van der Waals surface area contributed by atoms with Gasteiger partial charge in [0.25, 0.3) is 5.91 Å². The second kappa shape index (κ2) is 10.3. The number of halogens is 3. The van der Waals surface area contributed by atoms with E-state index in [9.17, 15) is 31.2 Å². The summed E-state index contributed by atoms with van der Waals surface area (Å²) < 4.78 is 66.9. The van der Waals surface area contributed by atoms with Crippen molar-refractivity contribution in [1.29, 1.82) is 0 Å². The van der Waals surface area contributed by atoms with Crippen LogP contribution in [-0.2, 0) is 14.8 Å². The largest absolute Gasteiger partial charge is 0.343 e. The topological polar surface area (TPSA) is 95.6 Å². The highest BCUT2D eigenvalue weighted by atomic mass is 32.2. The van der Waals surface area contributed by atoms with Gasteiger partial charge < -0.3 is 10.6 Å². The van der Waals surface area contributed by atoms with Gasteiger partial charge in [-0.05, 0) is 49.2 Å². The van der Waals surface area contributed by atoms with Gasteiger partial charge in [0.15, 0.2) is 17.5 Å². The molecule has 2 aromatic rings. The minimum atomic E-state index is -3.71. The quantitative estimate of drug-likeness (QED) is 0.590. The van der Waals surface area contributed by atoms with Crippen molar-refractivity contribution in [1.82, 2.24) is 9.62 Å². The molecule has 0 heterocycles. The minimum absolute atomic E-state index is 0.0512. The fourth-order valence-corrected chi connectivity index (χ4v) is 5.08. The monoisotopic (exact) mass is 483 g/mol. The van der Waals surface area contributed by atoms with Gasteiger partial charge in [-0.15, -0.1) is 0 Å². The summed E-state index contributed by atoms with van der Waals surface area (Å²) >= 11 is 0. The van der Waals surface area contributed by atoms with E-state index in [0.717, 1.165) is 38.2 Å². The van der Waals surface area contributed by atoms with Crippen molar-refractivity contribution < 1.29 is 31.2 Å². The van der Waals surface area contributed by atoms with Gasteiger partial charge in [-0.25, -0.2) is 21.6 Å². The Bertz CT molecular complexity index is 1130. The van der Waals surface area contributed by atoms with Crippen molar-refractivity contribution >= 4 is 27.5 Å². The number of hydrogen-bond donors (Lipinski definition) is 2. The number of amides is 2. The Morgan fingerprint density at radius 2 is 1.61 bits per heavy atom. The van der Waals surface area contributed by atoms with Gasteiger partial charge in [0.1, 0.15) is 0 Å². The molecule has 11 heteroatoms. The maximum absolute atomic E-state index is 13.6. The molecule has 0 spiro atoms. The van der Waals surface area contributed by atoms with E-state index in [1.54, 1.807) is 7.05 Å². The van der Waals surface area contributed by atoms with E-state index >= 15 is 0 Å². The molecule has 0 saturated heterocycles. The zero-order chi connectivity index (χ0) is 24.2. The number of hydrogen-bond acceptors (Lipinski definition) is 4. The molecule has 1 fully saturated rings. The molecule has 178 valence electrons. The summed E-state index contributed by atoms with van der Waals surface area (Å²) in [4.78, 5) is 24.2. The molecule has 0 atom stereocenters. The number of rotatable bonds is 7. The van der Waals surface area contributed by atoms with Crippen LogP contribution in [-0.4, -0.2) is 44.2 Å². The van der Waals surface area contributed by atoms with Crippen LogP contribution in [0.15, 0.2) is 41.3 Å². The van der Waals surface area contributed by atoms with Crippen LogP contribution in [0, 0.1) is 17.5 Å². The molecule has 0 unspecified atom stereocenters. The van der Waals surface area contributed by atoms with Crippen LogP contribution in [0.3, 0.4) is 0 Å². The Balaban J connectivity index is 1.59. The van der Waals surface area contributed by atoms with E-state index in [-0.39, 0.29) is 16.5 Å². The summed E-state index contributed by atoms with van der Waals surface area (Å²) in [6.45, 7) is -0.568. The van der Waals surface area contributed by atoms with Gasteiger partial charge in [0, 0.05) is 18.7 Å². The third-order valence-corrected chi connectivity index (χ3v) is 7.53. The lowest BCUT2D eigenvalue weighted by Crippen LogP contribution is -2.38. The summed E-state index contributed by atoms with van der Waals surface area (Å²) in [5.74, 6) is -6.19.